The third-order valence-electron chi connectivity index (χ3n) is 0. The second kappa shape index (κ2) is 1.41. The summed E-state index contributed by atoms with van der Waals surface area (Å²) < 4.78 is 0. The van der Waals surface area contributed by atoms with Gasteiger partial charge in [0.25, 0.3) is 0 Å². The van der Waals surface area contributed by atoms with Crippen LogP contribution in [0.1, 0.15) is 0 Å². The van der Waals surface area contributed by atoms with E-state index in [9.17, 15) is 0 Å². The minimum absolute atomic E-state index is 0.380. The first-order valence-corrected chi connectivity index (χ1v) is 3.87. The van der Waals surface area contributed by atoms with Gasteiger partial charge in [0.05, 0.1) is 0 Å². The van der Waals surface area contributed by atoms with Crippen molar-refractivity contribution in [1.29, 1.82) is 0 Å². The number of hydrogen-bond acceptors (Lipinski definition) is 0. The summed E-state index contributed by atoms with van der Waals surface area (Å²) in [7, 11) is -0.380. The summed E-state index contributed by atoms with van der Waals surface area (Å²) in [6, 6.07) is 0. The van der Waals surface area contributed by atoms with Crippen molar-refractivity contribution in [1.82, 2.24) is 0 Å². The minimum atomic E-state index is -0.380. The highest BCUT2D eigenvalue weighted by atomic mass is 28.2. The number of rotatable bonds is 0. The van der Waals surface area contributed by atoms with Gasteiger partial charge in [-0.3, -0.25) is 0 Å². The molecule has 0 rings (SSSR count). The third kappa shape index (κ3) is 327. The van der Waals surface area contributed by atoms with Gasteiger partial charge in [-0.1, -0.05) is 19.3 Å². The molecule has 0 aliphatic rings. The van der Waals surface area contributed by atoms with Crippen LogP contribution in [0.5, 0.6) is 0 Å². The Morgan fingerprint density at radius 1 is 1.50 bits per heavy atom. The van der Waals surface area contributed by atoms with Gasteiger partial charge in [-0.25, -0.2) is 0 Å². The largest absolute Gasteiger partial charge is 0.0868 e. The van der Waals surface area contributed by atoms with Crippen LogP contribution < -0.4 is 0 Å². The molecule has 0 heterocycles. The van der Waals surface area contributed by atoms with Crippen molar-refractivity contribution < 1.29 is 0 Å². The quantitative estimate of drug-likeness (QED) is 0.367. The zero-order chi connectivity index (χ0) is 3.58. The molecule has 0 atom stereocenters. The molecule has 0 aliphatic carbocycles. The molecule has 0 amide bonds. The molecule has 1 heteroatoms. The van der Waals surface area contributed by atoms with Crippen LogP contribution in [0.4, 0.5) is 0 Å². The molecule has 0 aromatic rings. The standard InChI is InChI=1S/C3H7Si/c1-4(2)3/h1H,2-3H3. The fraction of sp³-hybridized carbons (Fsp3) is 0.667. The molecule has 0 spiro atoms. The van der Waals surface area contributed by atoms with Crippen molar-refractivity contribution in [2.75, 3.05) is 0 Å². The zero-order valence-electron chi connectivity index (χ0n) is 3.08. The summed E-state index contributed by atoms with van der Waals surface area (Å²) in [5, 5.41) is 0. The van der Waals surface area contributed by atoms with Gasteiger partial charge < -0.3 is 0 Å². The Morgan fingerprint density at radius 2 is 1.50 bits per heavy atom. The van der Waals surface area contributed by atoms with E-state index < -0.39 is 0 Å². The van der Waals surface area contributed by atoms with Crippen molar-refractivity contribution in [3.05, 3.63) is 0 Å². The van der Waals surface area contributed by atoms with Crippen molar-refractivity contribution in [2.24, 2.45) is 0 Å². The van der Waals surface area contributed by atoms with Crippen LogP contribution in [0.25, 0.3) is 0 Å². The van der Waals surface area contributed by atoms with E-state index >= 15 is 0 Å². The Labute approximate surface area is 28.7 Å². The lowest BCUT2D eigenvalue weighted by Crippen LogP contribution is -1.74. The average Bonchev–Trinajstić information content (AvgIpc) is 0.811. The molecule has 0 aliphatic heterocycles. The summed E-state index contributed by atoms with van der Waals surface area (Å²) in [6.45, 7) is 4.09. The van der Waals surface area contributed by atoms with Crippen LogP contribution in [-0.4, -0.2) is 14.6 Å². The predicted octanol–water partition coefficient (Wildman–Crippen LogP) is 0.631. The summed E-state index contributed by atoms with van der Waals surface area (Å²) in [4.78, 5) is 0. The Bertz CT molecular complexity index is 26.3. The van der Waals surface area contributed by atoms with Gasteiger partial charge >= 0.3 is 0 Å². The molecule has 0 N–H and O–H groups in total. The van der Waals surface area contributed by atoms with Gasteiger partial charge in [0.1, 0.15) is 0 Å². The number of hydrogen-bond donors (Lipinski definition) is 0. The maximum Gasteiger partial charge on any atom is 0.00269 e. The first-order valence-electron chi connectivity index (χ1n) is 1.29. The molecule has 0 aromatic heterocycles. The zero-order valence-corrected chi connectivity index (χ0v) is 4.08. The smallest absolute Gasteiger partial charge is 0.00269 e. The molecule has 4 heavy (non-hydrogen) atoms. The van der Waals surface area contributed by atoms with Crippen LogP contribution in [0, 0.1) is 0 Å². The van der Waals surface area contributed by atoms with E-state index in [4.69, 9.17) is 6.17 Å². The SMILES string of the molecule is [CH]=[Si](C)C. The molecular formula is C3H7Si. The minimum Gasteiger partial charge on any atom is -0.0868 e. The normalized spacial score (nSPS) is 6.50. The van der Waals surface area contributed by atoms with Crippen molar-refractivity contribution in [2.45, 2.75) is 13.1 Å². The van der Waals surface area contributed by atoms with E-state index in [0.29, 0.717) is 0 Å². The van der Waals surface area contributed by atoms with E-state index in [-0.39, 0.29) is 8.41 Å². The van der Waals surface area contributed by atoms with Crippen molar-refractivity contribution >= 4 is 14.6 Å². The van der Waals surface area contributed by atoms with Crippen LogP contribution >= 0.6 is 0 Å². The summed E-state index contributed by atoms with van der Waals surface area (Å²) >= 11 is 0. The van der Waals surface area contributed by atoms with E-state index in [0.717, 1.165) is 0 Å². The second-order valence-electron chi connectivity index (χ2n) is 1.08. The summed E-state index contributed by atoms with van der Waals surface area (Å²) in [5.74, 6) is 0. The first-order chi connectivity index (χ1) is 1.73. The molecule has 0 saturated heterocycles. The van der Waals surface area contributed by atoms with Crippen LogP contribution in [0.15, 0.2) is 0 Å². The van der Waals surface area contributed by atoms with E-state index in [1.807, 2.05) is 13.1 Å². The van der Waals surface area contributed by atoms with Crippen LogP contribution in [-0.2, 0) is 0 Å². The van der Waals surface area contributed by atoms with Gasteiger partial charge in [-0.2, -0.15) is 0 Å². The lowest BCUT2D eigenvalue weighted by molar-refractivity contribution is 2.12. The highest BCUT2D eigenvalue weighted by molar-refractivity contribution is 6.59. The van der Waals surface area contributed by atoms with Gasteiger partial charge in [-0.15, -0.1) is 0 Å². The van der Waals surface area contributed by atoms with Gasteiger partial charge in [0.15, 0.2) is 0 Å². The molecule has 23 valence electrons. The predicted molar refractivity (Wildman–Crippen MR) is 23.5 cm³/mol. The molecule has 0 saturated carbocycles. The highest BCUT2D eigenvalue weighted by Gasteiger charge is 1.55. The maximum absolute atomic E-state index is 5.21. The monoisotopic (exact) mass is 71.0 g/mol. The fourth-order valence-corrected chi connectivity index (χ4v) is 0. The van der Waals surface area contributed by atoms with E-state index in [2.05, 4.69) is 0 Å². The third-order valence-corrected chi connectivity index (χ3v) is 0. The lowest BCUT2D eigenvalue weighted by atomic mass is 11.9. The Kier molecular flexibility index (Phi) is 1.44. The Hall–Kier alpha value is 0.0869. The second-order valence-corrected chi connectivity index (χ2v) is 3.23. The summed E-state index contributed by atoms with van der Waals surface area (Å²) in [6.07, 6.45) is 5.21. The van der Waals surface area contributed by atoms with E-state index in [1.165, 1.54) is 0 Å². The highest BCUT2D eigenvalue weighted by Crippen LogP contribution is 1.48. The van der Waals surface area contributed by atoms with Gasteiger partial charge in [0, 0.05) is 8.41 Å². The van der Waals surface area contributed by atoms with Crippen LogP contribution in [0.3, 0.4) is 0 Å². The molecule has 0 unspecified atom stereocenters. The first kappa shape index (κ1) is 4.09. The average molecular weight is 71.2 g/mol. The molecule has 0 nitrogen and oxygen atoms in total. The van der Waals surface area contributed by atoms with Crippen molar-refractivity contribution in [3.63, 3.8) is 0 Å². The van der Waals surface area contributed by atoms with Crippen LogP contribution in [0.2, 0.25) is 13.1 Å². The fourth-order valence-electron chi connectivity index (χ4n) is 0. The topological polar surface area (TPSA) is 0 Å². The lowest BCUT2D eigenvalue weighted by Gasteiger charge is -1.61. The molecule has 0 bridgehead atoms. The summed E-state index contributed by atoms with van der Waals surface area (Å²) in [5.41, 5.74) is 0. The van der Waals surface area contributed by atoms with Gasteiger partial charge in [-0.05, 0) is 0 Å². The maximum atomic E-state index is 5.21. The van der Waals surface area contributed by atoms with Gasteiger partial charge in [0.2, 0.25) is 0 Å². The molecule has 0 fully saturated rings. The molecule has 0 aromatic carbocycles. The Balaban J connectivity index is 2.80. The van der Waals surface area contributed by atoms with E-state index in [1.54, 1.807) is 0 Å². The molecule has 1 radical (unpaired) electrons. The van der Waals surface area contributed by atoms with Crippen molar-refractivity contribution in [3.8, 4) is 0 Å². The molecular weight excluding hydrogens is 64.1 g/mol. The Morgan fingerprint density at radius 3 is 1.50 bits per heavy atom.